The number of thiophene rings is 1. The molecule has 2 rings (SSSR count). The fourth-order valence-corrected chi connectivity index (χ4v) is 3.26. The van der Waals surface area contributed by atoms with Gasteiger partial charge in [-0.05, 0) is 41.1 Å². The van der Waals surface area contributed by atoms with E-state index in [4.69, 9.17) is 4.74 Å². The third-order valence-electron chi connectivity index (χ3n) is 2.81. The summed E-state index contributed by atoms with van der Waals surface area (Å²) in [5.41, 5.74) is 1.01. The Kier molecular flexibility index (Phi) is 5.20. The zero-order chi connectivity index (χ0) is 14.5. The van der Waals surface area contributed by atoms with Gasteiger partial charge in [0, 0.05) is 19.2 Å². The van der Waals surface area contributed by atoms with Gasteiger partial charge in [-0.1, -0.05) is 18.2 Å². The largest absolute Gasteiger partial charge is 0.494 e. The predicted molar refractivity (Wildman–Crippen MR) is 85.4 cm³/mol. The lowest BCUT2D eigenvalue weighted by atomic mass is 10.2. The number of hydrogen-bond acceptors (Lipinski definition) is 3. The third-order valence-corrected chi connectivity index (χ3v) is 4.42. The Morgan fingerprint density at radius 3 is 2.70 bits per heavy atom. The topological polar surface area (TPSA) is 29.5 Å². The van der Waals surface area contributed by atoms with Crippen LogP contribution in [0.5, 0.6) is 5.75 Å². The summed E-state index contributed by atoms with van der Waals surface area (Å²) < 4.78 is 6.55. The number of para-hydroxylation sites is 1. The molecule has 0 atom stereocenters. The summed E-state index contributed by atoms with van der Waals surface area (Å²) in [6.07, 6.45) is 0. The first-order chi connectivity index (χ1) is 9.61. The van der Waals surface area contributed by atoms with Crippen LogP contribution in [0.25, 0.3) is 0 Å². The number of nitrogens with zero attached hydrogens (tertiary/aromatic N) is 1. The molecule has 0 spiro atoms. The molecule has 0 aliphatic rings. The van der Waals surface area contributed by atoms with Crippen molar-refractivity contribution in [2.45, 2.75) is 13.5 Å². The van der Waals surface area contributed by atoms with Crippen LogP contribution in [0, 0.1) is 0 Å². The highest BCUT2D eigenvalue weighted by Gasteiger charge is 2.15. The van der Waals surface area contributed by atoms with Crippen LogP contribution in [0.2, 0.25) is 0 Å². The normalized spacial score (nSPS) is 10.3. The first kappa shape index (κ1) is 15.1. The van der Waals surface area contributed by atoms with E-state index in [1.807, 2.05) is 43.3 Å². The highest BCUT2D eigenvalue weighted by Crippen LogP contribution is 2.25. The van der Waals surface area contributed by atoms with Gasteiger partial charge in [0.25, 0.3) is 5.91 Å². The Bertz CT molecular complexity index is 597. The number of amides is 1. The van der Waals surface area contributed by atoms with Crippen LogP contribution >= 0.6 is 27.3 Å². The Morgan fingerprint density at radius 1 is 1.30 bits per heavy atom. The zero-order valence-corrected chi connectivity index (χ0v) is 13.8. The smallest absolute Gasteiger partial charge is 0.264 e. The standard InChI is InChI=1S/C15H16BrNO2S/c1-3-19-12-7-5-4-6-11(12)10-17(2)15(18)13-8-9-14(16)20-13/h4-9H,3,10H2,1-2H3. The van der Waals surface area contributed by atoms with Crippen molar-refractivity contribution in [2.24, 2.45) is 0 Å². The maximum atomic E-state index is 12.3. The highest BCUT2D eigenvalue weighted by atomic mass is 79.9. The third kappa shape index (κ3) is 3.61. The Morgan fingerprint density at radius 2 is 2.05 bits per heavy atom. The van der Waals surface area contributed by atoms with Crippen molar-refractivity contribution in [2.75, 3.05) is 13.7 Å². The highest BCUT2D eigenvalue weighted by molar-refractivity contribution is 9.11. The minimum absolute atomic E-state index is 0.0204. The maximum Gasteiger partial charge on any atom is 0.264 e. The predicted octanol–water partition coefficient (Wildman–Crippen LogP) is 4.18. The van der Waals surface area contributed by atoms with E-state index in [2.05, 4.69) is 15.9 Å². The van der Waals surface area contributed by atoms with Crippen molar-refractivity contribution >= 4 is 33.2 Å². The molecule has 106 valence electrons. The first-order valence-electron chi connectivity index (χ1n) is 6.33. The molecular weight excluding hydrogens is 338 g/mol. The molecule has 0 radical (unpaired) electrons. The zero-order valence-electron chi connectivity index (χ0n) is 11.4. The molecule has 0 saturated heterocycles. The summed E-state index contributed by atoms with van der Waals surface area (Å²) in [7, 11) is 1.80. The Hall–Kier alpha value is -1.33. The van der Waals surface area contributed by atoms with E-state index < -0.39 is 0 Å². The van der Waals surface area contributed by atoms with Gasteiger partial charge in [0.2, 0.25) is 0 Å². The molecule has 1 aromatic heterocycles. The molecular formula is C15H16BrNO2S. The van der Waals surface area contributed by atoms with Crippen molar-refractivity contribution in [1.82, 2.24) is 4.90 Å². The average Bonchev–Trinajstić information content (AvgIpc) is 2.87. The van der Waals surface area contributed by atoms with Gasteiger partial charge in [-0.2, -0.15) is 0 Å². The van der Waals surface area contributed by atoms with E-state index in [9.17, 15) is 4.79 Å². The van der Waals surface area contributed by atoms with Gasteiger partial charge in [0.15, 0.2) is 0 Å². The van der Waals surface area contributed by atoms with E-state index in [0.29, 0.717) is 13.2 Å². The van der Waals surface area contributed by atoms with E-state index in [0.717, 1.165) is 20.0 Å². The monoisotopic (exact) mass is 353 g/mol. The van der Waals surface area contributed by atoms with Gasteiger partial charge in [-0.3, -0.25) is 4.79 Å². The van der Waals surface area contributed by atoms with Crippen molar-refractivity contribution in [3.05, 3.63) is 50.6 Å². The van der Waals surface area contributed by atoms with Gasteiger partial charge in [-0.15, -0.1) is 11.3 Å². The lowest BCUT2D eigenvalue weighted by molar-refractivity contribution is 0.0789. The Labute approximate surface area is 131 Å². The van der Waals surface area contributed by atoms with Crippen LogP contribution < -0.4 is 4.74 Å². The number of halogens is 1. The summed E-state index contributed by atoms with van der Waals surface area (Å²) >= 11 is 4.82. The lowest BCUT2D eigenvalue weighted by Gasteiger charge is -2.18. The molecule has 20 heavy (non-hydrogen) atoms. The van der Waals surface area contributed by atoms with Crippen LogP contribution in [0.15, 0.2) is 40.2 Å². The number of carbonyl (C=O) groups excluding carboxylic acids is 1. The van der Waals surface area contributed by atoms with Crippen molar-refractivity contribution in [1.29, 1.82) is 0 Å². The minimum atomic E-state index is 0.0204. The molecule has 3 nitrogen and oxygen atoms in total. The van der Waals surface area contributed by atoms with Crippen LogP contribution in [0.4, 0.5) is 0 Å². The van der Waals surface area contributed by atoms with Gasteiger partial charge in [0.05, 0.1) is 15.3 Å². The van der Waals surface area contributed by atoms with Crippen LogP contribution in [0.3, 0.4) is 0 Å². The number of carbonyl (C=O) groups is 1. The van der Waals surface area contributed by atoms with Crippen LogP contribution in [0.1, 0.15) is 22.2 Å². The average molecular weight is 354 g/mol. The fourth-order valence-electron chi connectivity index (χ4n) is 1.88. The molecule has 1 aromatic carbocycles. The summed E-state index contributed by atoms with van der Waals surface area (Å²) in [6.45, 7) is 3.10. The van der Waals surface area contributed by atoms with E-state index in [-0.39, 0.29) is 5.91 Å². The SMILES string of the molecule is CCOc1ccccc1CN(C)C(=O)c1ccc(Br)s1. The quantitative estimate of drug-likeness (QED) is 0.806. The summed E-state index contributed by atoms with van der Waals surface area (Å²) in [4.78, 5) is 14.7. The number of ether oxygens (including phenoxy) is 1. The van der Waals surface area contributed by atoms with Crippen molar-refractivity contribution < 1.29 is 9.53 Å². The second-order valence-corrected chi connectivity index (χ2v) is 6.77. The maximum absolute atomic E-state index is 12.3. The second kappa shape index (κ2) is 6.90. The number of rotatable bonds is 5. The molecule has 0 bridgehead atoms. The molecule has 0 unspecified atom stereocenters. The minimum Gasteiger partial charge on any atom is -0.494 e. The molecule has 0 N–H and O–H groups in total. The van der Waals surface area contributed by atoms with Gasteiger partial charge in [0.1, 0.15) is 5.75 Å². The molecule has 1 amide bonds. The summed E-state index contributed by atoms with van der Waals surface area (Å²) in [6, 6.07) is 11.5. The van der Waals surface area contributed by atoms with E-state index in [1.54, 1.807) is 11.9 Å². The molecule has 1 heterocycles. The first-order valence-corrected chi connectivity index (χ1v) is 7.94. The number of hydrogen-bond donors (Lipinski definition) is 0. The molecule has 0 saturated carbocycles. The summed E-state index contributed by atoms with van der Waals surface area (Å²) in [5, 5.41) is 0. The molecule has 0 fully saturated rings. The number of benzene rings is 1. The van der Waals surface area contributed by atoms with E-state index in [1.165, 1.54) is 11.3 Å². The van der Waals surface area contributed by atoms with Gasteiger partial charge >= 0.3 is 0 Å². The molecule has 2 aromatic rings. The summed E-state index contributed by atoms with van der Waals surface area (Å²) in [5.74, 6) is 0.856. The molecule has 5 heteroatoms. The fraction of sp³-hybridized carbons (Fsp3) is 0.267. The van der Waals surface area contributed by atoms with Gasteiger partial charge < -0.3 is 9.64 Å². The van der Waals surface area contributed by atoms with Gasteiger partial charge in [-0.25, -0.2) is 0 Å². The van der Waals surface area contributed by atoms with Crippen LogP contribution in [-0.4, -0.2) is 24.5 Å². The van der Waals surface area contributed by atoms with Crippen molar-refractivity contribution in [3.8, 4) is 5.75 Å². The Balaban J connectivity index is 2.11. The van der Waals surface area contributed by atoms with Crippen molar-refractivity contribution in [3.63, 3.8) is 0 Å². The molecule has 0 aliphatic carbocycles. The second-order valence-electron chi connectivity index (χ2n) is 4.31. The van der Waals surface area contributed by atoms with E-state index >= 15 is 0 Å². The van der Waals surface area contributed by atoms with Crippen LogP contribution in [-0.2, 0) is 6.54 Å². The molecule has 0 aliphatic heterocycles. The lowest BCUT2D eigenvalue weighted by Crippen LogP contribution is -2.25.